The molecule has 0 saturated carbocycles. The van der Waals surface area contributed by atoms with Crippen molar-refractivity contribution in [2.45, 2.75) is 37.4 Å². The van der Waals surface area contributed by atoms with Gasteiger partial charge in [-0.25, -0.2) is 8.42 Å². The summed E-state index contributed by atoms with van der Waals surface area (Å²) < 4.78 is 35.0. The second-order valence-corrected chi connectivity index (χ2v) is 11.5. The van der Waals surface area contributed by atoms with E-state index in [1.165, 1.54) is 9.87 Å². The highest BCUT2D eigenvalue weighted by Crippen LogP contribution is 2.34. The molecule has 0 unspecified atom stereocenters. The average Bonchev–Trinajstić information content (AvgIpc) is 2.81. The lowest BCUT2D eigenvalue weighted by molar-refractivity contribution is 0.0733. The number of aliphatic hydroxyl groups is 1. The number of rotatable bonds is 7. The van der Waals surface area contributed by atoms with Gasteiger partial charge in [0.2, 0.25) is 10.0 Å². The van der Waals surface area contributed by atoms with Gasteiger partial charge in [0.15, 0.2) is 0 Å². The monoisotopic (exact) mass is 499 g/mol. The molecule has 1 N–H and O–H groups in total. The van der Waals surface area contributed by atoms with Gasteiger partial charge in [0.05, 0.1) is 13.2 Å². The minimum atomic E-state index is -3.86. The van der Waals surface area contributed by atoms with Crippen molar-refractivity contribution in [1.82, 2.24) is 14.1 Å². The van der Waals surface area contributed by atoms with E-state index in [1.807, 2.05) is 51.2 Å². The van der Waals surface area contributed by atoms with Crippen molar-refractivity contribution in [3.8, 4) is 17.6 Å². The molecule has 2 aromatic rings. The van der Waals surface area contributed by atoms with Crippen LogP contribution in [0.15, 0.2) is 53.4 Å². The van der Waals surface area contributed by atoms with Crippen LogP contribution >= 0.6 is 0 Å². The fraction of sp³-hybridized carbons (Fsp3) is 0.481. The first-order valence-electron chi connectivity index (χ1n) is 11.9. The normalized spacial score (nSPS) is 20.8. The summed E-state index contributed by atoms with van der Waals surface area (Å²) in [7, 11) is 2.07. The first-order chi connectivity index (χ1) is 16.6. The van der Waals surface area contributed by atoms with E-state index in [-0.39, 0.29) is 30.1 Å². The zero-order valence-corrected chi connectivity index (χ0v) is 22.1. The van der Waals surface area contributed by atoms with Gasteiger partial charge in [0, 0.05) is 37.2 Å². The Morgan fingerprint density at radius 3 is 2.54 bits per heavy atom. The first kappa shape index (κ1) is 27.2. The van der Waals surface area contributed by atoms with Crippen molar-refractivity contribution in [2.75, 3.05) is 47.4 Å². The van der Waals surface area contributed by atoms with Crippen LogP contribution in [0, 0.1) is 17.8 Å². The number of ether oxygens (including phenoxy) is 1. The van der Waals surface area contributed by atoms with Gasteiger partial charge in [-0.2, -0.15) is 4.31 Å². The quantitative estimate of drug-likeness (QED) is 0.591. The van der Waals surface area contributed by atoms with Crippen LogP contribution in [0.2, 0.25) is 0 Å². The molecule has 0 saturated heterocycles. The number of nitrogens with zero attached hydrogens (tertiary/aromatic N) is 3. The molecule has 0 fully saturated rings. The molecule has 0 aromatic heterocycles. The Balaban J connectivity index is 1.97. The van der Waals surface area contributed by atoms with Gasteiger partial charge < -0.3 is 9.84 Å². The van der Waals surface area contributed by atoms with Crippen LogP contribution in [0.25, 0.3) is 0 Å². The van der Waals surface area contributed by atoms with E-state index in [9.17, 15) is 13.5 Å². The van der Waals surface area contributed by atoms with Gasteiger partial charge in [-0.3, -0.25) is 9.80 Å². The predicted molar refractivity (Wildman–Crippen MR) is 139 cm³/mol. The molecule has 0 bridgehead atoms. The number of fused-ring (bicyclic) bond motifs is 1. The first-order valence-corrected chi connectivity index (χ1v) is 13.3. The summed E-state index contributed by atoms with van der Waals surface area (Å²) in [5.74, 6) is 6.40. The van der Waals surface area contributed by atoms with E-state index in [2.05, 4.69) is 28.9 Å². The Kier molecular flexibility index (Phi) is 9.34. The molecule has 2 aromatic carbocycles. The lowest BCUT2D eigenvalue weighted by Crippen LogP contribution is -2.49. The summed E-state index contributed by atoms with van der Waals surface area (Å²) in [6.45, 7) is 5.71. The lowest BCUT2D eigenvalue weighted by Gasteiger charge is -2.37. The highest BCUT2D eigenvalue weighted by molar-refractivity contribution is 7.89. The molecule has 35 heavy (non-hydrogen) atoms. The third kappa shape index (κ3) is 7.06. The standard InChI is InChI=1S/C27H37N3O4S/c1-21-17-30(22(2)20-31)35(32,33)27-14-13-23(12-9-15-28(3)4)16-25(27)34-26(21)19-29(5)18-24-10-7-6-8-11-24/h6-8,10-11,13-14,16,21-22,26,31H,15,17-20H2,1-5H3/t21-,22+,26+/m1/s1. The molecule has 0 spiro atoms. The van der Waals surface area contributed by atoms with Gasteiger partial charge in [-0.15, -0.1) is 0 Å². The maximum Gasteiger partial charge on any atom is 0.247 e. The van der Waals surface area contributed by atoms with Gasteiger partial charge in [0.25, 0.3) is 0 Å². The highest BCUT2D eigenvalue weighted by Gasteiger charge is 2.38. The molecule has 190 valence electrons. The Morgan fingerprint density at radius 2 is 1.89 bits per heavy atom. The zero-order chi connectivity index (χ0) is 25.6. The van der Waals surface area contributed by atoms with E-state index in [0.717, 1.165) is 6.54 Å². The minimum Gasteiger partial charge on any atom is -0.487 e. The summed E-state index contributed by atoms with van der Waals surface area (Å²) >= 11 is 0. The largest absolute Gasteiger partial charge is 0.487 e. The minimum absolute atomic E-state index is 0.103. The van der Waals surface area contributed by atoms with Crippen molar-refractivity contribution >= 4 is 10.0 Å². The molecular formula is C27H37N3O4S. The highest BCUT2D eigenvalue weighted by atomic mass is 32.2. The molecule has 1 aliphatic rings. The molecule has 7 nitrogen and oxygen atoms in total. The zero-order valence-electron chi connectivity index (χ0n) is 21.3. The van der Waals surface area contributed by atoms with Crippen LogP contribution in [0.5, 0.6) is 5.75 Å². The van der Waals surface area contributed by atoms with E-state index >= 15 is 0 Å². The van der Waals surface area contributed by atoms with Crippen LogP contribution in [0.4, 0.5) is 0 Å². The van der Waals surface area contributed by atoms with Crippen molar-refractivity contribution in [2.24, 2.45) is 5.92 Å². The van der Waals surface area contributed by atoms with E-state index < -0.39 is 16.1 Å². The Hall–Kier alpha value is -2.41. The fourth-order valence-electron chi connectivity index (χ4n) is 4.09. The van der Waals surface area contributed by atoms with Gasteiger partial charge in [-0.1, -0.05) is 49.1 Å². The molecule has 8 heteroatoms. The topological polar surface area (TPSA) is 73.3 Å². The lowest BCUT2D eigenvalue weighted by atomic mass is 10.0. The summed E-state index contributed by atoms with van der Waals surface area (Å²) in [5.41, 5.74) is 1.90. The number of benzene rings is 2. The van der Waals surface area contributed by atoms with Crippen LogP contribution in [-0.2, 0) is 16.6 Å². The number of hydrogen-bond donors (Lipinski definition) is 1. The molecule has 0 amide bonds. The summed E-state index contributed by atoms with van der Waals surface area (Å²) in [6, 6.07) is 14.7. The molecule has 3 atom stereocenters. The van der Waals surface area contributed by atoms with E-state index in [4.69, 9.17) is 4.74 Å². The summed E-state index contributed by atoms with van der Waals surface area (Å²) in [5, 5.41) is 9.81. The molecule has 3 rings (SSSR count). The molecule has 1 aliphatic heterocycles. The number of sulfonamides is 1. The van der Waals surface area contributed by atoms with Gasteiger partial charge >= 0.3 is 0 Å². The fourth-order valence-corrected chi connectivity index (χ4v) is 5.91. The van der Waals surface area contributed by atoms with Crippen LogP contribution in [0.3, 0.4) is 0 Å². The SMILES string of the molecule is C[C@@H]1CN([C@@H](C)CO)S(=O)(=O)c2ccc(C#CCN(C)C)cc2O[C@H]1CN(C)Cc1ccccc1. The number of likely N-dealkylation sites (N-methyl/N-ethyl adjacent to an activating group) is 1. The Morgan fingerprint density at radius 1 is 1.17 bits per heavy atom. The van der Waals surface area contributed by atoms with Gasteiger partial charge in [-0.05, 0) is 51.8 Å². The summed E-state index contributed by atoms with van der Waals surface area (Å²) in [6.07, 6.45) is -0.253. The molecule has 1 heterocycles. The third-order valence-corrected chi connectivity index (χ3v) is 8.10. The third-order valence-electron chi connectivity index (χ3n) is 6.08. The maximum absolute atomic E-state index is 13.6. The number of hydrogen-bond acceptors (Lipinski definition) is 6. The molecular weight excluding hydrogens is 462 g/mol. The van der Waals surface area contributed by atoms with Crippen LogP contribution < -0.4 is 4.74 Å². The Bertz CT molecular complexity index is 1140. The van der Waals surface area contributed by atoms with Crippen molar-refractivity contribution in [3.63, 3.8) is 0 Å². The molecule has 0 aliphatic carbocycles. The van der Waals surface area contributed by atoms with E-state index in [1.54, 1.807) is 25.1 Å². The van der Waals surface area contributed by atoms with Crippen molar-refractivity contribution < 1.29 is 18.3 Å². The van der Waals surface area contributed by atoms with E-state index in [0.29, 0.717) is 24.4 Å². The smallest absolute Gasteiger partial charge is 0.247 e. The van der Waals surface area contributed by atoms with Crippen LogP contribution in [0.1, 0.15) is 25.0 Å². The van der Waals surface area contributed by atoms with Crippen molar-refractivity contribution in [3.05, 3.63) is 59.7 Å². The average molecular weight is 500 g/mol. The predicted octanol–water partition coefficient (Wildman–Crippen LogP) is 2.50. The second kappa shape index (κ2) is 12.0. The Labute approximate surface area is 210 Å². The maximum atomic E-state index is 13.6. The van der Waals surface area contributed by atoms with Crippen molar-refractivity contribution in [1.29, 1.82) is 0 Å². The number of aliphatic hydroxyl groups excluding tert-OH is 1. The van der Waals surface area contributed by atoms with Crippen LogP contribution in [-0.4, -0.2) is 87.2 Å². The molecule has 0 radical (unpaired) electrons. The summed E-state index contributed by atoms with van der Waals surface area (Å²) in [4.78, 5) is 4.27. The van der Waals surface area contributed by atoms with Gasteiger partial charge in [0.1, 0.15) is 16.7 Å². The second-order valence-electron chi connectivity index (χ2n) is 9.62.